The van der Waals surface area contributed by atoms with Gasteiger partial charge in [-0.05, 0) is 58.3 Å². The van der Waals surface area contributed by atoms with Crippen molar-refractivity contribution in [2.24, 2.45) is 5.92 Å². The number of aromatic nitrogens is 1. The first-order valence-electron chi connectivity index (χ1n) is 11.8. The summed E-state index contributed by atoms with van der Waals surface area (Å²) in [6.07, 6.45) is 5.04. The molecule has 0 radical (unpaired) electrons. The smallest absolute Gasteiger partial charge is 0.247 e. The zero-order valence-corrected chi connectivity index (χ0v) is 21.0. The van der Waals surface area contributed by atoms with Gasteiger partial charge < -0.3 is 18.7 Å². The van der Waals surface area contributed by atoms with Gasteiger partial charge in [0.2, 0.25) is 11.8 Å². The van der Waals surface area contributed by atoms with Crippen LogP contribution in [-0.4, -0.2) is 62.7 Å². The van der Waals surface area contributed by atoms with Gasteiger partial charge in [0, 0.05) is 31.3 Å². The summed E-state index contributed by atoms with van der Waals surface area (Å²) in [5, 5.41) is 6.67. The van der Waals surface area contributed by atoms with Gasteiger partial charge in [0.25, 0.3) is 0 Å². The van der Waals surface area contributed by atoms with E-state index in [1.807, 2.05) is 13.8 Å². The molecule has 0 bridgehead atoms. The van der Waals surface area contributed by atoms with Crippen molar-refractivity contribution in [2.45, 2.75) is 82.7 Å². The molecule has 2 saturated heterocycles. The second-order valence-electron chi connectivity index (χ2n) is 10.2. The molecule has 0 spiro atoms. The first kappa shape index (κ1) is 26.1. The van der Waals surface area contributed by atoms with Crippen molar-refractivity contribution in [3.05, 3.63) is 11.8 Å². The third-order valence-corrected chi connectivity index (χ3v) is 9.18. The summed E-state index contributed by atoms with van der Waals surface area (Å²) in [6, 6.07) is 1.62. The number of hydrogen-bond donors (Lipinski definition) is 1. The highest BCUT2D eigenvalue weighted by molar-refractivity contribution is 7.93. The first-order valence-corrected chi connectivity index (χ1v) is 13.5. The Hall–Kier alpha value is -1.49. The molecular weight excluding hydrogens is 448 g/mol. The van der Waals surface area contributed by atoms with E-state index < -0.39 is 25.9 Å². The summed E-state index contributed by atoms with van der Waals surface area (Å²) >= 11 is 0. The van der Waals surface area contributed by atoms with Crippen molar-refractivity contribution in [3.63, 3.8) is 0 Å². The third kappa shape index (κ3) is 6.77. The molecule has 1 aromatic heterocycles. The molecule has 2 fully saturated rings. The van der Waals surface area contributed by atoms with Crippen molar-refractivity contribution in [1.29, 1.82) is 0 Å². The predicted octanol–water partition coefficient (Wildman–Crippen LogP) is 3.44. The summed E-state index contributed by atoms with van der Waals surface area (Å²) in [5.41, 5.74) is 0.132. The summed E-state index contributed by atoms with van der Waals surface area (Å²) < 4.78 is 46.5. The number of anilines is 1. The van der Waals surface area contributed by atoms with E-state index in [0.717, 1.165) is 32.1 Å². The lowest BCUT2D eigenvalue weighted by atomic mass is 9.90. The Bertz CT molecular complexity index is 882. The van der Waals surface area contributed by atoms with Crippen LogP contribution in [0.5, 0.6) is 0 Å². The number of carbonyl (C=O) groups excluding carboxylic acids is 1. The normalized spacial score (nSPS) is 21.2. The minimum absolute atomic E-state index is 0.0344. The van der Waals surface area contributed by atoms with Crippen LogP contribution in [0.1, 0.15) is 71.9 Å². The van der Waals surface area contributed by atoms with Gasteiger partial charge in [0.05, 0.1) is 18.1 Å². The molecular formula is C23H38N2O7S. The Morgan fingerprint density at radius 3 is 2.55 bits per heavy atom. The molecule has 1 unspecified atom stereocenters. The van der Waals surface area contributed by atoms with Gasteiger partial charge in [-0.3, -0.25) is 10.1 Å². The van der Waals surface area contributed by atoms with Crippen molar-refractivity contribution >= 4 is 21.6 Å². The number of nitrogens with one attached hydrogen (secondary N) is 1. The Balaban J connectivity index is 1.56. The molecule has 0 aliphatic carbocycles. The molecule has 1 amide bonds. The fraction of sp³-hybridized carbons (Fsp3) is 0.826. The van der Waals surface area contributed by atoms with Crippen LogP contribution in [0.2, 0.25) is 0 Å². The number of amides is 1. The van der Waals surface area contributed by atoms with Crippen molar-refractivity contribution < 1.29 is 31.9 Å². The van der Waals surface area contributed by atoms with Crippen LogP contribution in [0.15, 0.2) is 10.6 Å². The maximum absolute atomic E-state index is 13.0. The minimum atomic E-state index is -3.67. The SMILES string of the molecule is CC(C)(COC1CCCCO1)c1cc(NC(=O)C(C)(C)S(=O)(=O)CCC2CCOCC2)on1. The Kier molecular flexibility index (Phi) is 8.58. The maximum atomic E-state index is 13.0. The fourth-order valence-corrected chi connectivity index (χ4v) is 5.37. The summed E-state index contributed by atoms with van der Waals surface area (Å²) in [7, 11) is -3.67. The molecule has 0 saturated carbocycles. The largest absolute Gasteiger partial charge is 0.381 e. The van der Waals surface area contributed by atoms with Gasteiger partial charge in [-0.25, -0.2) is 8.42 Å². The second-order valence-corrected chi connectivity index (χ2v) is 12.9. The first-order chi connectivity index (χ1) is 15.5. The quantitative estimate of drug-likeness (QED) is 0.534. The number of ether oxygens (including phenoxy) is 3. The molecule has 10 heteroatoms. The lowest BCUT2D eigenvalue weighted by Gasteiger charge is -2.28. The summed E-state index contributed by atoms with van der Waals surface area (Å²) in [4.78, 5) is 12.9. The van der Waals surface area contributed by atoms with Gasteiger partial charge >= 0.3 is 0 Å². The lowest BCUT2D eigenvalue weighted by molar-refractivity contribution is -0.170. The van der Waals surface area contributed by atoms with Gasteiger partial charge in [-0.1, -0.05) is 19.0 Å². The van der Waals surface area contributed by atoms with Crippen LogP contribution in [0.25, 0.3) is 0 Å². The highest BCUT2D eigenvalue weighted by atomic mass is 32.2. The van der Waals surface area contributed by atoms with Crippen molar-refractivity contribution in [2.75, 3.05) is 37.5 Å². The number of hydrogen-bond acceptors (Lipinski definition) is 8. The predicted molar refractivity (Wildman–Crippen MR) is 124 cm³/mol. The standard InChI is InChI=1S/C23H38N2O7S/c1-22(2,16-31-20-7-5-6-11-30-20)18-15-19(32-25-18)24-21(26)23(3,4)33(27,28)14-10-17-8-12-29-13-9-17/h15,17,20H,5-14,16H2,1-4H3,(H,24,26). The van der Waals surface area contributed by atoms with E-state index in [2.05, 4.69) is 10.5 Å². The molecule has 1 atom stereocenters. The zero-order valence-electron chi connectivity index (χ0n) is 20.2. The molecule has 3 heterocycles. The molecule has 1 aromatic rings. The fourth-order valence-electron chi connectivity index (χ4n) is 3.89. The maximum Gasteiger partial charge on any atom is 0.247 e. The minimum Gasteiger partial charge on any atom is -0.381 e. The van der Waals surface area contributed by atoms with E-state index in [1.54, 1.807) is 6.07 Å². The van der Waals surface area contributed by atoms with E-state index >= 15 is 0 Å². The number of nitrogens with zero attached hydrogens (tertiary/aromatic N) is 1. The van der Waals surface area contributed by atoms with Gasteiger partial charge in [0.15, 0.2) is 16.1 Å². The summed E-state index contributed by atoms with van der Waals surface area (Å²) in [6.45, 7) is 9.20. The Morgan fingerprint density at radius 1 is 1.15 bits per heavy atom. The third-order valence-electron chi connectivity index (χ3n) is 6.67. The van der Waals surface area contributed by atoms with Gasteiger partial charge in [0.1, 0.15) is 4.75 Å². The van der Waals surface area contributed by atoms with Crippen LogP contribution < -0.4 is 5.32 Å². The van der Waals surface area contributed by atoms with Crippen LogP contribution in [0.3, 0.4) is 0 Å². The molecule has 2 aliphatic rings. The van der Waals surface area contributed by atoms with E-state index in [0.29, 0.717) is 44.5 Å². The van der Waals surface area contributed by atoms with E-state index in [9.17, 15) is 13.2 Å². The van der Waals surface area contributed by atoms with Gasteiger partial charge in [-0.2, -0.15) is 0 Å². The van der Waals surface area contributed by atoms with E-state index in [1.165, 1.54) is 13.8 Å². The Morgan fingerprint density at radius 2 is 1.88 bits per heavy atom. The van der Waals surface area contributed by atoms with Crippen LogP contribution in [0.4, 0.5) is 5.88 Å². The Labute approximate surface area is 196 Å². The summed E-state index contributed by atoms with van der Waals surface area (Å²) in [5.74, 6) is -0.243. The molecule has 33 heavy (non-hydrogen) atoms. The monoisotopic (exact) mass is 486 g/mol. The van der Waals surface area contributed by atoms with E-state index in [4.69, 9.17) is 18.7 Å². The average molecular weight is 487 g/mol. The highest BCUT2D eigenvalue weighted by Crippen LogP contribution is 2.29. The molecule has 1 N–H and O–H groups in total. The zero-order chi connectivity index (χ0) is 24.1. The van der Waals surface area contributed by atoms with Crippen LogP contribution in [-0.2, 0) is 34.3 Å². The van der Waals surface area contributed by atoms with Gasteiger partial charge in [-0.15, -0.1) is 0 Å². The van der Waals surface area contributed by atoms with Crippen molar-refractivity contribution in [3.8, 4) is 0 Å². The number of sulfone groups is 1. The molecule has 3 rings (SSSR count). The van der Waals surface area contributed by atoms with Crippen LogP contribution in [0, 0.1) is 5.92 Å². The molecule has 188 valence electrons. The number of rotatable bonds is 10. The number of carbonyl (C=O) groups is 1. The van der Waals surface area contributed by atoms with E-state index in [-0.39, 0.29) is 17.9 Å². The molecule has 0 aromatic carbocycles. The topological polar surface area (TPSA) is 117 Å². The van der Waals surface area contributed by atoms with Crippen molar-refractivity contribution in [1.82, 2.24) is 5.16 Å². The molecule has 2 aliphatic heterocycles. The molecule has 9 nitrogen and oxygen atoms in total. The van der Waals surface area contributed by atoms with Crippen LogP contribution >= 0.6 is 0 Å². The highest BCUT2D eigenvalue weighted by Gasteiger charge is 2.42. The average Bonchev–Trinajstić information content (AvgIpc) is 3.27. The second kappa shape index (κ2) is 10.8. The lowest BCUT2D eigenvalue weighted by Crippen LogP contribution is -2.46.